The highest BCUT2D eigenvalue weighted by Gasteiger charge is 2.20. The van der Waals surface area contributed by atoms with Crippen molar-refractivity contribution in [2.24, 2.45) is 11.1 Å². The molecule has 0 aliphatic carbocycles. The molecule has 0 bridgehead atoms. The van der Waals surface area contributed by atoms with Crippen molar-refractivity contribution >= 4 is 5.91 Å². The second-order valence-electron chi connectivity index (χ2n) is 4.26. The maximum Gasteiger partial charge on any atom is 0.248 e. The highest BCUT2D eigenvalue weighted by atomic mass is 16.5. The first-order valence-electron chi connectivity index (χ1n) is 4.94. The van der Waals surface area contributed by atoms with E-state index in [9.17, 15) is 4.79 Å². The second-order valence-corrected chi connectivity index (χ2v) is 4.26. The predicted molar refractivity (Wildman–Crippen MR) is 57.0 cm³/mol. The maximum absolute atomic E-state index is 11.5. The average molecular weight is 202 g/mol. The van der Waals surface area contributed by atoms with Crippen molar-refractivity contribution in [2.75, 3.05) is 33.4 Å². The van der Waals surface area contributed by atoms with Gasteiger partial charge < -0.3 is 15.4 Å². The van der Waals surface area contributed by atoms with Gasteiger partial charge in [0, 0.05) is 20.2 Å². The van der Waals surface area contributed by atoms with Crippen LogP contribution in [0.1, 0.15) is 20.8 Å². The Morgan fingerprint density at radius 3 is 2.50 bits per heavy atom. The SMILES string of the molecule is CCOCC(=O)N(C)CC(C)(C)CN. The van der Waals surface area contributed by atoms with Crippen molar-refractivity contribution < 1.29 is 9.53 Å². The van der Waals surface area contributed by atoms with E-state index in [1.165, 1.54) is 0 Å². The lowest BCUT2D eigenvalue weighted by atomic mass is 9.93. The van der Waals surface area contributed by atoms with Crippen LogP contribution in [-0.2, 0) is 9.53 Å². The van der Waals surface area contributed by atoms with Crippen LogP contribution in [0.5, 0.6) is 0 Å². The molecular weight excluding hydrogens is 180 g/mol. The van der Waals surface area contributed by atoms with E-state index in [1.54, 1.807) is 11.9 Å². The molecule has 0 aliphatic heterocycles. The van der Waals surface area contributed by atoms with Gasteiger partial charge in [-0.3, -0.25) is 4.79 Å². The lowest BCUT2D eigenvalue weighted by Gasteiger charge is -2.28. The fraction of sp³-hybridized carbons (Fsp3) is 0.900. The molecule has 0 radical (unpaired) electrons. The molecule has 14 heavy (non-hydrogen) atoms. The van der Waals surface area contributed by atoms with Crippen LogP contribution in [0, 0.1) is 5.41 Å². The maximum atomic E-state index is 11.5. The average Bonchev–Trinajstić information content (AvgIpc) is 2.13. The molecule has 0 fully saturated rings. The van der Waals surface area contributed by atoms with Crippen molar-refractivity contribution in [3.8, 4) is 0 Å². The zero-order valence-corrected chi connectivity index (χ0v) is 9.67. The summed E-state index contributed by atoms with van der Waals surface area (Å²) in [7, 11) is 1.78. The standard InChI is InChI=1S/C10H22N2O2/c1-5-14-6-9(13)12(4)8-10(2,3)7-11/h5-8,11H2,1-4H3. The normalized spacial score (nSPS) is 11.5. The van der Waals surface area contributed by atoms with Crippen molar-refractivity contribution in [1.29, 1.82) is 0 Å². The number of carbonyl (C=O) groups is 1. The van der Waals surface area contributed by atoms with Crippen molar-refractivity contribution in [2.45, 2.75) is 20.8 Å². The first kappa shape index (κ1) is 13.4. The monoisotopic (exact) mass is 202 g/mol. The van der Waals surface area contributed by atoms with E-state index in [1.807, 2.05) is 20.8 Å². The first-order chi connectivity index (χ1) is 6.43. The lowest BCUT2D eigenvalue weighted by Crippen LogP contribution is -2.41. The molecular formula is C10H22N2O2. The third-order valence-electron chi connectivity index (χ3n) is 2.07. The molecule has 0 atom stereocenters. The molecule has 0 aromatic rings. The smallest absolute Gasteiger partial charge is 0.248 e. The minimum absolute atomic E-state index is 0.00775. The van der Waals surface area contributed by atoms with Gasteiger partial charge >= 0.3 is 0 Å². The van der Waals surface area contributed by atoms with Crippen LogP contribution in [-0.4, -0.2) is 44.2 Å². The molecule has 0 saturated heterocycles. The van der Waals surface area contributed by atoms with E-state index in [-0.39, 0.29) is 17.9 Å². The van der Waals surface area contributed by atoms with Crippen molar-refractivity contribution in [3.63, 3.8) is 0 Å². The van der Waals surface area contributed by atoms with Crippen LogP contribution in [0.3, 0.4) is 0 Å². The summed E-state index contributed by atoms with van der Waals surface area (Å²) in [6.07, 6.45) is 0. The Balaban J connectivity index is 3.94. The van der Waals surface area contributed by atoms with Gasteiger partial charge in [0.2, 0.25) is 5.91 Å². The summed E-state index contributed by atoms with van der Waals surface area (Å²) in [6, 6.07) is 0. The number of amides is 1. The van der Waals surface area contributed by atoms with Gasteiger partial charge in [-0.15, -0.1) is 0 Å². The molecule has 0 aromatic heterocycles. The van der Waals surface area contributed by atoms with Gasteiger partial charge in [-0.2, -0.15) is 0 Å². The van der Waals surface area contributed by atoms with E-state index < -0.39 is 0 Å². The number of ether oxygens (including phenoxy) is 1. The molecule has 4 nitrogen and oxygen atoms in total. The number of hydrogen-bond donors (Lipinski definition) is 1. The van der Waals surface area contributed by atoms with Crippen LogP contribution in [0.25, 0.3) is 0 Å². The summed E-state index contributed by atoms with van der Waals surface area (Å²) in [5.74, 6) is 0.00775. The Labute approximate surface area is 86.4 Å². The van der Waals surface area contributed by atoms with Gasteiger partial charge in [-0.25, -0.2) is 0 Å². The number of carbonyl (C=O) groups excluding carboxylic acids is 1. The summed E-state index contributed by atoms with van der Waals surface area (Å²) in [4.78, 5) is 13.1. The number of rotatable bonds is 6. The van der Waals surface area contributed by atoms with Crippen LogP contribution in [0.4, 0.5) is 0 Å². The number of likely N-dealkylation sites (N-methyl/N-ethyl adjacent to an activating group) is 1. The molecule has 0 aliphatic rings. The van der Waals surface area contributed by atoms with Gasteiger partial charge in [-0.1, -0.05) is 13.8 Å². The fourth-order valence-electron chi connectivity index (χ4n) is 1.09. The minimum atomic E-state index is -0.0311. The molecule has 0 aromatic carbocycles. The van der Waals surface area contributed by atoms with Gasteiger partial charge in [0.05, 0.1) is 0 Å². The molecule has 1 amide bonds. The summed E-state index contributed by atoms with van der Waals surface area (Å²) >= 11 is 0. The Hall–Kier alpha value is -0.610. The molecule has 84 valence electrons. The largest absolute Gasteiger partial charge is 0.372 e. The first-order valence-corrected chi connectivity index (χ1v) is 4.94. The van der Waals surface area contributed by atoms with E-state index in [2.05, 4.69) is 0 Å². The molecule has 2 N–H and O–H groups in total. The number of hydrogen-bond acceptors (Lipinski definition) is 3. The van der Waals surface area contributed by atoms with Gasteiger partial charge in [0.1, 0.15) is 6.61 Å². The molecule has 0 spiro atoms. The Morgan fingerprint density at radius 1 is 1.50 bits per heavy atom. The second kappa shape index (κ2) is 5.98. The highest BCUT2D eigenvalue weighted by Crippen LogP contribution is 2.13. The Morgan fingerprint density at radius 2 is 2.07 bits per heavy atom. The third kappa shape index (κ3) is 5.19. The molecule has 0 rings (SSSR count). The van der Waals surface area contributed by atoms with Gasteiger partial charge in [0.25, 0.3) is 0 Å². The van der Waals surface area contributed by atoms with Crippen LogP contribution < -0.4 is 5.73 Å². The summed E-state index contributed by atoms with van der Waals surface area (Å²) in [5.41, 5.74) is 5.55. The van der Waals surface area contributed by atoms with Crippen LogP contribution in [0.15, 0.2) is 0 Å². The summed E-state index contributed by atoms with van der Waals surface area (Å²) in [5, 5.41) is 0. The van der Waals surface area contributed by atoms with Crippen LogP contribution >= 0.6 is 0 Å². The summed E-state index contributed by atoms with van der Waals surface area (Å²) in [6.45, 7) is 7.91. The predicted octanol–water partition coefficient (Wildman–Crippen LogP) is 0.466. The van der Waals surface area contributed by atoms with E-state index in [0.717, 1.165) is 0 Å². The quantitative estimate of drug-likeness (QED) is 0.681. The van der Waals surface area contributed by atoms with Crippen molar-refractivity contribution in [3.05, 3.63) is 0 Å². The van der Waals surface area contributed by atoms with Crippen LogP contribution in [0.2, 0.25) is 0 Å². The van der Waals surface area contributed by atoms with Gasteiger partial charge in [-0.05, 0) is 18.9 Å². The van der Waals surface area contributed by atoms with Crippen molar-refractivity contribution in [1.82, 2.24) is 4.90 Å². The number of nitrogens with zero attached hydrogens (tertiary/aromatic N) is 1. The van der Waals surface area contributed by atoms with E-state index >= 15 is 0 Å². The zero-order chi connectivity index (χ0) is 11.2. The van der Waals surface area contributed by atoms with Gasteiger partial charge in [0.15, 0.2) is 0 Å². The van der Waals surface area contributed by atoms with E-state index in [4.69, 9.17) is 10.5 Å². The Kier molecular flexibility index (Phi) is 5.72. The fourth-order valence-corrected chi connectivity index (χ4v) is 1.09. The molecule has 4 heteroatoms. The number of nitrogens with two attached hydrogens (primary N) is 1. The minimum Gasteiger partial charge on any atom is -0.372 e. The molecule has 0 unspecified atom stereocenters. The molecule has 0 saturated carbocycles. The van der Waals surface area contributed by atoms with E-state index in [0.29, 0.717) is 19.7 Å². The third-order valence-corrected chi connectivity index (χ3v) is 2.07. The Bertz CT molecular complexity index is 181. The zero-order valence-electron chi connectivity index (χ0n) is 9.67. The summed E-state index contributed by atoms with van der Waals surface area (Å²) < 4.78 is 5.04. The topological polar surface area (TPSA) is 55.6 Å². The lowest BCUT2D eigenvalue weighted by molar-refractivity contribution is -0.135. The molecule has 0 heterocycles. The highest BCUT2D eigenvalue weighted by molar-refractivity contribution is 5.77.